The van der Waals surface area contributed by atoms with Crippen molar-refractivity contribution in [3.63, 3.8) is 0 Å². The molecule has 1 fully saturated rings. The van der Waals surface area contributed by atoms with Crippen molar-refractivity contribution in [3.05, 3.63) is 51.8 Å². The number of hydrogen-bond acceptors (Lipinski definition) is 5. The summed E-state index contributed by atoms with van der Waals surface area (Å²) in [7, 11) is 1.80. The predicted octanol–water partition coefficient (Wildman–Crippen LogP) is 2.45. The lowest BCUT2D eigenvalue weighted by Gasteiger charge is -2.13. The number of aromatic nitrogens is 3. The smallest absolute Gasteiger partial charge is 0.262 e. The van der Waals surface area contributed by atoms with Gasteiger partial charge in [-0.05, 0) is 18.6 Å². The standard InChI is InChI=1S/C19H20ClN5O3/c1-21-18(26)12-8-22-16(20)7-13(12)23-14-9-24(2)15-3-5-25(19(27)17(14)15)11-4-6-28-10-11/h3,5,7-9,11H,4,6,10H2,1-2H3,(H,21,26)(H,22,23)/t11-/m1/s1/i1D3. The number of halogens is 1. The zero-order chi connectivity index (χ0) is 22.3. The number of rotatable bonds is 4. The molecule has 28 heavy (non-hydrogen) atoms. The normalized spacial score (nSPS) is 18.5. The lowest BCUT2D eigenvalue weighted by molar-refractivity contribution is 0.0963. The first-order valence-electron chi connectivity index (χ1n) is 10.2. The fourth-order valence-electron chi connectivity index (χ4n) is 3.47. The fraction of sp³-hybridized carbons (Fsp3) is 0.316. The molecule has 1 aliphatic rings. The summed E-state index contributed by atoms with van der Waals surface area (Å²) in [5.41, 5.74) is 1.19. The average Bonchev–Trinajstić information content (AvgIpc) is 3.30. The van der Waals surface area contributed by atoms with Crippen LogP contribution < -0.4 is 16.2 Å². The average molecular weight is 405 g/mol. The number of carbonyl (C=O) groups excluding carboxylic acids is 1. The lowest BCUT2D eigenvalue weighted by Crippen LogP contribution is -2.24. The van der Waals surface area contributed by atoms with Gasteiger partial charge in [0.2, 0.25) is 0 Å². The molecule has 3 aromatic heterocycles. The van der Waals surface area contributed by atoms with E-state index in [1.165, 1.54) is 12.3 Å². The molecule has 1 atom stereocenters. The van der Waals surface area contributed by atoms with Crippen LogP contribution in [0.25, 0.3) is 10.9 Å². The third-order valence-corrected chi connectivity index (χ3v) is 5.07. The van der Waals surface area contributed by atoms with Crippen LogP contribution in [0.4, 0.5) is 11.4 Å². The van der Waals surface area contributed by atoms with Crippen LogP contribution in [-0.4, -0.2) is 40.2 Å². The van der Waals surface area contributed by atoms with Gasteiger partial charge in [0.05, 0.1) is 40.5 Å². The summed E-state index contributed by atoms with van der Waals surface area (Å²) >= 11 is 6.01. The van der Waals surface area contributed by atoms with Crippen molar-refractivity contribution in [2.75, 3.05) is 25.5 Å². The van der Waals surface area contributed by atoms with Crippen molar-refractivity contribution in [1.29, 1.82) is 0 Å². The summed E-state index contributed by atoms with van der Waals surface area (Å²) < 4.78 is 30.7. The van der Waals surface area contributed by atoms with Crippen molar-refractivity contribution in [3.8, 4) is 0 Å². The minimum Gasteiger partial charge on any atom is -0.379 e. The first-order chi connectivity index (χ1) is 14.6. The quantitative estimate of drug-likeness (QED) is 0.652. The van der Waals surface area contributed by atoms with Gasteiger partial charge in [0, 0.05) is 43.3 Å². The molecule has 3 aromatic rings. The second kappa shape index (κ2) is 7.29. The van der Waals surface area contributed by atoms with Gasteiger partial charge in [-0.2, -0.15) is 0 Å². The number of hydrogen-bond donors (Lipinski definition) is 2. The van der Waals surface area contributed by atoms with E-state index in [2.05, 4.69) is 10.3 Å². The Kier molecular flexibility index (Phi) is 3.94. The third kappa shape index (κ3) is 3.14. The van der Waals surface area contributed by atoms with Gasteiger partial charge >= 0.3 is 0 Å². The third-order valence-electron chi connectivity index (χ3n) is 4.87. The molecule has 1 aliphatic heterocycles. The Morgan fingerprint density at radius 2 is 2.32 bits per heavy atom. The molecule has 8 nitrogen and oxygen atoms in total. The maximum absolute atomic E-state index is 13.3. The zero-order valence-corrected chi connectivity index (χ0v) is 15.8. The molecule has 1 saturated heterocycles. The van der Waals surface area contributed by atoms with Crippen molar-refractivity contribution < 1.29 is 13.6 Å². The molecule has 146 valence electrons. The number of amides is 1. The highest BCUT2D eigenvalue weighted by Crippen LogP contribution is 2.29. The SMILES string of the molecule is [2H]C([2H])([2H])NC(=O)c1cnc(Cl)cc1Nc1cn(C)c2ccn([C@@H]3CCOC3)c(=O)c12. The van der Waals surface area contributed by atoms with Gasteiger partial charge in [-0.25, -0.2) is 4.98 Å². The van der Waals surface area contributed by atoms with Crippen LogP contribution in [0.5, 0.6) is 0 Å². The molecular weight excluding hydrogens is 382 g/mol. The number of pyridine rings is 2. The van der Waals surface area contributed by atoms with Crippen LogP contribution in [0.3, 0.4) is 0 Å². The van der Waals surface area contributed by atoms with Crippen LogP contribution in [0.2, 0.25) is 5.15 Å². The van der Waals surface area contributed by atoms with E-state index in [0.717, 1.165) is 6.42 Å². The zero-order valence-electron chi connectivity index (χ0n) is 18.0. The minimum absolute atomic E-state index is 0.0158. The van der Waals surface area contributed by atoms with Gasteiger partial charge in [-0.15, -0.1) is 0 Å². The Balaban J connectivity index is 1.79. The Morgan fingerprint density at radius 1 is 1.46 bits per heavy atom. The summed E-state index contributed by atoms with van der Waals surface area (Å²) in [6, 6.07) is 3.21. The van der Waals surface area contributed by atoms with Crippen molar-refractivity contribution >= 4 is 39.8 Å². The molecule has 0 unspecified atom stereocenters. The molecule has 0 aromatic carbocycles. The summed E-state index contributed by atoms with van der Waals surface area (Å²) in [6.45, 7) is -1.59. The highest BCUT2D eigenvalue weighted by Gasteiger charge is 2.22. The van der Waals surface area contributed by atoms with E-state index < -0.39 is 12.9 Å². The number of nitrogens with zero attached hydrogens (tertiary/aromatic N) is 3. The van der Waals surface area contributed by atoms with E-state index in [0.29, 0.717) is 29.8 Å². The van der Waals surface area contributed by atoms with E-state index in [1.54, 1.807) is 28.6 Å². The number of fused-ring (bicyclic) bond motifs is 1. The summed E-state index contributed by atoms with van der Waals surface area (Å²) in [5, 5.41) is 5.54. The van der Waals surface area contributed by atoms with E-state index in [4.69, 9.17) is 20.5 Å². The monoisotopic (exact) mass is 404 g/mol. The highest BCUT2D eigenvalue weighted by atomic mass is 35.5. The fourth-order valence-corrected chi connectivity index (χ4v) is 3.62. The molecule has 2 N–H and O–H groups in total. The van der Waals surface area contributed by atoms with Gasteiger partial charge in [0.15, 0.2) is 0 Å². The van der Waals surface area contributed by atoms with Crippen molar-refractivity contribution in [2.45, 2.75) is 12.5 Å². The molecular formula is C19H20ClN5O3. The maximum Gasteiger partial charge on any atom is 0.262 e. The first kappa shape index (κ1) is 15.1. The second-order valence-electron chi connectivity index (χ2n) is 6.59. The molecule has 4 rings (SSSR count). The van der Waals surface area contributed by atoms with E-state index in [9.17, 15) is 9.59 Å². The van der Waals surface area contributed by atoms with Gasteiger partial charge in [-0.3, -0.25) is 9.59 Å². The predicted molar refractivity (Wildman–Crippen MR) is 108 cm³/mol. The molecule has 0 spiro atoms. The topological polar surface area (TPSA) is 90.2 Å². The minimum atomic E-state index is -2.66. The summed E-state index contributed by atoms with van der Waals surface area (Å²) in [6.07, 6.45) is 5.42. The molecule has 0 radical (unpaired) electrons. The van der Waals surface area contributed by atoms with Gasteiger partial charge < -0.3 is 24.5 Å². The number of carbonyl (C=O) groups is 1. The first-order valence-corrected chi connectivity index (χ1v) is 9.05. The maximum atomic E-state index is 13.3. The van der Waals surface area contributed by atoms with Gasteiger partial charge in [-0.1, -0.05) is 11.6 Å². The number of ether oxygens (including phenoxy) is 1. The van der Waals surface area contributed by atoms with Crippen molar-refractivity contribution in [2.24, 2.45) is 7.05 Å². The Hall–Kier alpha value is -2.84. The number of nitrogens with one attached hydrogen (secondary N) is 2. The Bertz CT molecular complexity index is 1210. The van der Waals surface area contributed by atoms with Gasteiger partial charge in [0.25, 0.3) is 11.5 Å². The molecule has 0 bridgehead atoms. The summed E-state index contributed by atoms with van der Waals surface area (Å²) in [4.78, 5) is 29.6. The molecule has 1 amide bonds. The molecule has 4 heterocycles. The Morgan fingerprint density at radius 3 is 3.07 bits per heavy atom. The number of aryl methyl sites for hydroxylation is 1. The van der Waals surface area contributed by atoms with Crippen molar-refractivity contribution in [1.82, 2.24) is 19.4 Å². The summed E-state index contributed by atoms with van der Waals surface area (Å²) in [5.74, 6) is -0.840. The second-order valence-corrected chi connectivity index (χ2v) is 6.98. The Labute approximate surface area is 170 Å². The molecule has 9 heteroatoms. The van der Waals surface area contributed by atoms with E-state index in [-0.39, 0.29) is 28.0 Å². The van der Waals surface area contributed by atoms with Crippen LogP contribution in [0, 0.1) is 0 Å². The lowest BCUT2D eigenvalue weighted by atomic mass is 10.2. The van der Waals surface area contributed by atoms with Crippen LogP contribution in [0.1, 0.15) is 26.9 Å². The van der Waals surface area contributed by atoms with Crippen LogP contribution in [-0.2, 0) is 11.8 Å². The van der Waals surface area contributed by atoms with Gasteiger partial charge in [0.1, 0.15) is 5.15 Å². The highest BCUT2D eigenvalue weighted by molar-refractivity contribution is 6.29. The largest absolute Gasteiger partial charge is 0.379 e. The van der Waals surface area contributed by atoms with E-state index in [1.807, 2.05) is 11.4 Å². The molecule has 0 aliphatic carbocycles. The van der Waals surface area contributed by atoms with E-state index >= 15 is 0 Å². The molecule has 0 saturated carbocycles. The van der Waals surface area contributed by atoms with Crippen LogP contribution >= 0.6 is 11.6 Å². The van der Waals surface area contributed by atoms with Crippen LogP contribution in [0.15, 0.2) is 35.5 Å². The number of anilines is 2.